The highest BCUT2D eigenvalue weighted by Gasteiger charge is 2.42. The van der Waals surface area contributed by atoms with E-state index >= 15 is 0 Å². The summed E-state index contributed by atoms with van der Waals surface area (Å²) in [6, 6.07) is 0. The number of sulfonamides is 8. The second kappa shape index (κ2) is 68.8. The molecule has 0 aromatic heterocycles. The van der Waals surface area contributed by atoms with Crippen LogP contribution < -0.4 is 41.1 Å². The fourth-order valence-electron chi connectivity index (χ4n) is 17.2. The number of rotatable bonds is 56. The van der Waals surface area contributed by atoms with Crippen LogP contribution in [-0.2, 0) is 156 Å². The van der Waals surface area contributed by atoms with Crippen molar-refractivity contribution in [2.45, 2.75) is 345 Å². The first-order valence-electron chi connectivity index (χ1n) is 46.0. The van der Waals surface area contributed by atoms with Crippen LogP contribution in [0.2, 0.25) is 0 Å². The number of methoxy groups -OCH3 is 8. The third-order valence-electron chi connectivity index (χ3n) is 24.5. The molecule has 8 saturated heterocycles. The summed E-state index contributed by atoms with van der Waals surface area (Å²) < 4.78 is 271. The van der Waals surface area contributed by atoms with E-state index in [-0.39, 0.29) is 48.8 Å². The Labute approximate surface area is 815 Å². The van der Waals surface area contributed by atoms with E-state index in [2.05, 4.69) is 52.6 Å². The minimum atomic E-state index is -3.64. The molecule has 48 heteroatoms. The lowest BCUT2D eigenvalue weighted by molar-refractivity contribution is 0.0632. The molecular weight excluding hydrogens is 1940 g/mol. The average Bonchev–Trinajstić information content (AvgIpc) is 1.46. The zero-order valence-corrected chi connectivity index (χ0v) is 87.9. The first-order valence-corrected chi connectivity index (χ1v) is 58.9. The molecule has 8 heterocycles. The molecular formula is C88H168N8O32S8. The van der Waals surface area contributed by atoms with Crippen LogP contribution >= 0.6 is 0 Å². The van der Waals surface area contributed by atoms with E-state index < -0.39 is 171 Å². The minimum absolute atomic E-state index is 0.0270. The molecule has 800 valence electrons. The van der Waals surface area contributed by atoms with Crippen molar-refractivity contribution >= 4 is 80.2 Å². The lowest BCUT2D eigenvalue weighted by Crippen LogP contribution is -2.41. The Kier molecular flexibility index (Phi) is 66.0. The smallest absolute Gasteiger partial charge is 0.214 e. The Bertz CT molecular complexity index is 3500. The van der Waals surface area contributed by atoms with Gasteiger partial charge in [-0.25, -0.2) is 108 Å². The van der Waals surface area contributed by atoms with Crippen LogP contribution in [0.15, 0.2) is 101 Å². The molecule has 16 N–H and O–H groups in total. The van der Waals surface area contributed by atoms with Crippen molar-refractivity contribution in [3.63, 3.8) is 0 Å². The number of ether oxygens (including phenoxy) is 16. The summed E-state index contributed by atoms with van der Waals surface area (Å²) in [5.41, 5.74) is 0. The number of primary sulfonamides is 8. The number of hydrogen-bond donors (Lipinski definition) is 8. The van der Waals surface area contributed by atoms with Crippen molar-refractivity contribution in [3.05, 3.63) is 101 Å². The van der Waals surface area contributed by atoms with Gasteiger partial charge < -0.3 is 75.8 Å². The normalized spacial score (nSPS) is 24.5. The summed E-state index contributed by atoms with van der Waals surface area (Å²) in [6.45, 7) is 34.3. The Hall–Kier alpha value is -3.44. The van der Waals surface area contributed by atoms with Crippen LogP contribution in [-0.4, -0.2) is 317 Å². The fraction of sp³-hybridized carbons (Fsp3) is 0.818. The molecule has 24 atom stereocenters. The maximum absolute atomic E-state index is 11.6. The van der Waals surface area contributed by atoms with Crippen LogP contribution in [0.3, 0.4) is 0 Å². The summed E-state index contributed by atoms with van der Waals surface area (Å²) in [6.07, 6.45) is 31.0. The highest BCUT2D eigenvalue weighted by atomic mass is 32.2. The van der Waals surface area contributed by atoms with Gasteiger partial charge in [-0.3, -0.25) is 0 Å². The maximum atomic E-state index is 11.6. The van der Waals surface area contributed by atoms with Gasteiger partial charge in [-0.05, 0) is 205 Å². The zero-order chi connectivity index (χ0) is 103. The monoisotopic (exact) mass is 2100 g/mol. The van der Waals surface area contributed by atoms with Gasteiger partial charge in [0.05, 0.1) is 97.7 Å². The van der Waals surface area contributed by atoms with Crippen molar-refractivity contribution in [1.29, 1.82) is 0 Å². The summed E-state index contributed by atoms with van der Waals surface area (Å²) in [7, 11) is -17.2. The molecule has 0 amide bonds. The van der Waals surface area contributed by atoms with Crippen molar-refractivity contribution in [1.82, 2.24) is 0 Å². The second-order valence-electron chi connectivity index (χ2n) is 34.4. The minimum Gasteiger partial charge on any atom is -0.380 e. The van der Waals surface area contributed by atoms with Crippen LogP contribution in [0.25, 0.3) is 0 Å². The van der Waals surface area contributed by atoms with Gasteiger partial charge in [0.1, 0.15) is 42.0 Å². The molecule has 0 aromatic carbocycles. The third kappa shape index (κ3) is 52.4. The second-order valence-corrected chi connectivity index (χ2v) is 48.6. The van der Waals surface area contributed by atoms with E-state index in [0.29, 0.717) is 156 Å². The van der Waals surface area contributed by atoms with Crippen molar-refractivity contribution < 1.29 is 143 Å². The van der Waals surface area contributed by atoms with Crippen LogP contribution in [0.5, 0.6) is 0 Å². The van der Waals surface area contributed by atoms with Gasteiger partial charge in [0, 0.05) is 110 Å². The van der Waals surface area contributed by atoms with Gasteiger partial charge in [0.15, 0.2) is 0 Å². The highest BCUT2D eigenvalue weighted by molar-refractivity contribution is 7.91. The molecule has 0 spiro atoms. The predicted octanol–water partition coefficient (Wildman–Crippen LogP) is 6.43. The largest absolute Gasteiger partial charge is 0.380 e. The number of nitrogens with two attached hydrogens (primary N) is 8. The molecule has 0 bridgehead atoms. The van der Waals surface area contributed by atoms with Crippen LogP contribution in [0.4, 0.5) is 0 Å². The van der Waals surface area contributed by atoms with E-state index in [0.717, 1.165) is 103 Å². The van der Waals surface area contributed by atoms with E-state index in [1.54, 1.807) is 48.6 Å². The first-order chi connectivity index (χ1) is 63.9. The molecule has 0 aromatic rings. The molecule has 8 aliphatic rings. The van der Waals surface area contributed by atoms with Crippen LogP contribution in [0.1, 0.15) is 205 Å². The van der Waals surface area contributed by atoms with E-state index in [9.17, 15) is 67.3 Å². The van der Waals surface area contributed by atoms with E-state index in [1.807, 2.05) is 0 Å². The molecule has 0 aliphatic carbocycles. The van der Waals surface area contributed by atoms with Gasteiger partial charge in [0.25, 0.3) is 0 Å². The number of hydrogen-bond acceptors (Lipinski definition) is 32. The van der Waals surface area contributed by atoms with Crippen molar-refractivity contribution in [3.8, 4) is 0 Å². The Morgan fingerprint density at radius 2 is 0.294 bits per heavy atom. The van der Waals surface area contributed by atoms with E-state index in [1.165, 1.54) is 56.9 Å². The maximum Gasteiger partial charge on any atom is 0.214 e. The molecule has 8 fully saturated rings. The molecule has 40 nitrogen and oxygen atoms in total. The van der Waals surface area contributed by atoms with Gasteiger partial charge >= 0.3 is 0 Å². The van der Waals surface area contributed by atoms with Crippen LogP contribution in [0, 0.1) is 0 Å². The average molecular weight is 2110 g/mol. The lowest BCUT2D eigenvalue weighted by atomic mass is 10.0. The fourth-order valence-corrected chi connectivity index (χ4v) is 26.2. The van der Waals surface area contributed by atoms with Gasteiger partial charge in [-0.15, -0.1) is 52.6 Å². The van der Waals surface area contributed by atoms with Crippen molar-refractivity contribution in [2.24, 2.45) is 41.1 Å². The summed E-state index contributed by atoms with van der Waals surface area (Å²) in [4.78, 5) is 0. The van der Waals surface area contributed by atoms with Gasteiger partial charge in [-0.1, -0.05) is 48.6 Å². The van der Waals surface area contributed by atoms with E-state index in [4.69, 9.17) is 117 Å². The Balaban J connectivity index is 0.000000777. The van der Waals surface area contributed by atoms with Gasteiger partial charge in [0.2, 0.25) is 80.2 Å². The molecule has 0 radical (unpaired) electrons. The predicted molar refractivity (Wildman–Crippen MR) is 529 cm³/mol. The van der Waals surface area contributed by atoms with Crippen molar-refractivity contribution in [2.75, 3.05) is 110 Å². The topological polar surface area (TPSA) is 629 Å². The Morgan fingerprint density at radius 1 is 0.206 bits per heavy atom. The SMILES string of the molecule is C=CC[C@@H](OC)[C@@H](CC1CCCO1)S(N)(=O)=O.C=CC[C@@H](OC)[C@@H](CC1CCCO1)S(N)(=O)=O.C=CC[C@@H](OC)[C@H](CC1CCCO1)S(N)(=O)=O.C=CC[C@@H](OC)[C@H](CC1CCCO1)S(N)(=O)=O.C=CC[C@H](OC)[C@@H](CC1CCCO1)S(N)(=O)=O.C=CC[C@H](OC)[C@@H](CC1CCCO1)S(N)(=O)=O.C=CC[C@H](OC)[C@H](CC1CCCO1)S(N)(=O)=O.C=CC[C@H](OC)[C@H](CC1CCCO1)S(N)(=O)=O. The summed E-state index contributed by atoms with van der Waals surface area (Å²) in [5.74, 6) is 0. The third-order valence-corrected chi connectivity index (χ3v) is 35.2. The lowest BCUT2D eigenvalue weighted by Gasteiger charge is -2.25. The highest BCUT2D eigenvalue weighted by Crippen LogP contribution is 2.32. The molecule has 136 heavy (non-hydrogen) atoms. The Morgan fingerprint density at radius 3 is 0.346 bits per heavy atom. The zero-order valence-electron chi connectivity index (χ0n) is 81.4. The van der Waals surface area contributed by atoms with Gasteiger partial charge in [-0.2, -0.15) is 0 Å². The first kappa shape index (κ1) is 131. The molecule has 8 rings (SSSR count). The summed E-state index contributed by atoms with van der Waals surface area (Å²) in [5, 5.41) is 36.3. The standard InChI is InChI=1S/8C11H21NO4S/c8*1-3-5-10(15-2)11(17(12,13)14)8-9-6-4-7-16-9/h8*3,9-11H,1,4-8H2,2H3,(H2,12,13,14)/t4*9?,10-,11+;4*9?,10-,11-/m11001100/s1. The quantitative estimate of drug-likeness (QED) is 0.0304. The molecule has 8 unspecified atom stereocenters. The summed E-state index contributed by atoms with van der Waals surface area (Å²) >= 11 is 0. The molecule has 8 aliphatic heterocycles. The molecule has 0 saturated carbocycles.